The highest BCUT2D eigenvalue weighted by molar-refractivity contribution is 6.07. The van der Waals surface area contributed by atoms with Gasteiger partial charge in [-0.1, -0.05) is 11.6 Å². The summed E-state index contributed by atoms with van der Waals surface area (Å²) in [5.41, 5.74) is 2.04. The number of hydrogen-bond donors (Lipinski definition) is 1. The molecule has 0 fully saturated rings. The number of furan rings is 1. The number of carbonyl (C=O) groups is 2. The number of amides is 1. The minimum Gasteiger partial charge on any atom is -0.469 e. The van der Waals surface area contributed by atoms with Gasteiger partial charge in [0, 0.05) is 0 Å². The lowest BCUT2D eigenvalue weighted by molar-refractivity contribution is 0.0602. The quantitative estimate of drug-likeness (QED) is 0.873. The number of hydrogen-bond acceptors (Lipinski definition) is 4. The molecule has 0 radical (unpaired) electrons. The molecule has 1 N–H and O–H groups in total. The number of carbonyl (C=O) groups excluding carboxylic acids is 2. The number of ether oxygens (including phenoxy) is 1. The molecule has 0 aliphatic rings. The van der Waals surface area contributed by atoms with Gasteiger partial charge in [0.25, 0.3) is 5.91 Å². The van der Waals surface area contributed by atoms with Crippen molar-refractivity contribution in [3.8, 4) is 0 Å². The number of aryl methyl sites for hydroxylation is 2. The van der Waals surface area contributed by atoms with Gasteiger partial charge in [-0.2, -0.15) is 0 Å². The summed E-state index contributed by atoms with van der Waals surface area (Å²) in [7, 11) is 1.30. The third kappa shape index (κ3) is 2.88. The predicted octanol–water partition coefficient (Wildman–Crippen LogP) is 2.94. The summed E-state index contributed by atoms with van der Waals surface area (Å²) in [6.07, 6.45) is 1.37. The molecule has 0 unspecified atom stereocenters. The van der Waals surface area contributed by atoms with E-state index in [1.165, 1.54) is 13.4 Å². The third-order valence-corrected chi connectivity index (χ3v) is 2.82. The van der Waals surface area contributed by atoms with E-state index < -0.39 is 5.97 Å². The summed E-state index contributed by atoms with van der Waals surface area (Å²) in [4.78, 5) is 23.8. The van der Waals surface area contributed by atoms with Crippen molar-refractivity contribution in [3.63, 3.8) is 0 Å². The molecular formula is C15H15NO4. The molecule has 1 aromatic carbocycles. The monoisotopic (exact) mass is 273 g/mol. The van der Waals surface area contributed by atoms with Gasteiger partial charge >= 0.3 is 5.97 Å². The lowest BCUT2D eigenvalue weighted by Gasteiger charge is -2.09. The van der Waals surface area contributed by atoms with Gasteiger partial charge in [0.05, 0.1) is 23.9 Å². The molecule has 20 heavy (non-hydrogen) atoms. The highest BCUT2D eigenvalue weighted by atomic mass is 16.5. The molecule has 2 rings (SSSR count). The molecule has 0 aliphatic heterocycles. The molecule has 0 atom stereocenters. The Hall–Kier alpha value is -2.56. The first-order chi connectivity index (χ1) is 9.51. The third-order valence-electron chi connectivity index (χ3n) is 2.82. The molecule has 0 saturated heterocycles. The van der Waals surface area contributed by atoms with Gasteiger partial charge in [-0.15, -0.1) is 0 Å². The normalized spacial score (nSPS) is 10.2. The van der Waals surface area contributed by atoms with Gasteiger partial charge in [-0.25, -0.2) is 4.79 Å². The number of methoxy groups -OCH3 is 1. The summed E-state index contributed by atoms with van der Waals surface area (Å²) in [6, 6.07) is 6.78. The molecule has 1 amide bonds. The van der Waals surface area contributed by atoms with Crippen LogP contribution in [-0.2, 0) is 4.74 Å². The van der Waals surface area contributed by atoms with Crippen LogP contribution in [0, 0.1) is 13.8 Å². The number of anilines is 1. The minimum atomic E-state index is -0.493. The van der Waals surface area contributed by atoms with Crippen LogP contribution in [0.4, 0.5) is 5.69 Å². The molecule has 0 spiro atoms. The fourth-order valence-corrected chi connectivity index (χ4v) is 1.80. The SMILES string of the molecule is COC(=O)c1cc(C)ccc1NC(=O)c1coc(C)c1. The first-order valence-corrected chi connectivity index (χ1v) is 6.06. The van der Waals surface area contributed by atoms with Crippen molar-refractivity contribution in [2.24, 2.45) is 0 Å². The van der Waals surface area contributed by atoms with Crippen LogP contribution in [0.25, 0.3) is 0 Å². The second kappa shape index (κ2) is 5.61. The van der Waals surface area contributed by atoms with Gasteiger partial charge in [0.1, 0.15) is 12.0 Å². The van der Waals surface area contributed by atoms with E-state index in [-0.39, 0.29) is 5.91 Å². The van der Waals surface area contributed by atoms with Gasteiger partial charge in [-0.05, 0) is 32.0 Å². The van der Waals surface area contributed by atoms with Crippen LogP contribution in [0.5, 0.6) is 0 Å². The Morgan fingerprint density at radius 1 is 1.20 bits per heavy atom. The average molecular weight is 273 g/mol. The lowest BCUT2D eigenvalue weighted by atomic mass is 10.1. The van der Waals surface area contributed by atoms with E-state index >= 15 is 0 Å². The smallest absolute Gasteiger partial charge is 0.339 e. The van der Waals surface area contributed by atoms with E-state index in [0.29, 0.717) is 22.6 Å². The van der Waals surface area contributed by atoms with E-state index in [1.54, 1.807) is 25.1 Å². The molecule has 0 bridgehead atoms. The molecule has 1 aromatic heterocycles. The van der Waals surface area contributed by atoms with Crippen LogP contribution in [0.15, 0.2) is 34.9 Å². The largest absolute Gasteiger partial charge is 0.469 e. The van der Waals surface area contributed by atoms with Gasteiger partial charge in [0.15, 0.2) is 0 Å². The van der Waals surface area contributed by atoms with E-state index in [4.69, 9.17) is 9.15 Å². The van der Waals surface area contributed by atoms with Crippen molar-refractivity contribution in [1.29, 1.82) is 0 Å². The summed E-state index contributed by atoms with van der Waals surface area (Å²) in [6.45, 7) is 3.61. The molecule has 104 valence electrons. The summed E-state index contributed by atoms with van der Waals surface area (Å²) in [5, 5.41) is 2.68. The molecule has 0 aliphatic carbocycles. The standard InChI is InChI=1S/C15H15NO4/c1-9-4-5-13(12(6-9)15(18)19-3)16-14(17)11-7-10(2)20-8-11/h4-8H,1-3H3,(H,16,17). The summed E-state index contributed by atoms with van der Waals surface area (Å²) in [5.74, 6) is -0.185. The zero-order valence-electron chi connectivity index (χ0n) is 11.5. The predicted molar refractivity (Wildman–Crippen MR) is 73.9 cm³/mol. The molecule has 2 aromatic rings. The molecule has 5 nitrogen and oxygen atoms in total. The fraction of sp³-hybridized carbons (Fsp3) is 0.200. The van der Waals surface area contributed by atoms with Crippen molar-refractivity contribution < 1.29 is 18.7 Å². The van der Waals surface area contributed by atoms with E-state index in [0.717, 1.165) is 5.56 Å². The van der Waals surface area contributed by atoms with E-state index in [1.807, 2.05) is 13.0 Å². The Labute approximate surface area is 116 Å². The summed E-state index contributed by atoms with van der Waals surface area (Å²) >= 11 is 0. The average Bonchev–Trinajstić information content (AvgIpc) is 2.86. The Bertz CT molecular complexity index is 658. The first-order valence-electron chi connectivity index (χ1n) is 6.06. The van der Waals surface area contributed by atoms with Crippen molar-refractivity contribution >= 4 is 17.6 Å². The number of esters is 1. The van der Waals surface area contributed by atoms with Crippen LogP contribution < -0.4 is 5.32 Å². The van der Waals surface area contributed by atoms with Crippen molar-refractivity contribution in [2.45, 2.75) is 13.8 Å². The van der Waals surface area contributed by atoms with Crippen LogP contribution in [0.1, 0.15) is 32.0 Å². The molecule has 0 saturated carbocycles. The molecular weight excluding hydrogens is 258 g/mol. The van der Waals surface area contributed by atoms with Crippen LogP contribution in [0.3, 0.4) is 0 Å². The van der Waals surface area contributed by atoms with Crippen LogP contribution >= 0.6 is 0 Å². The molecule has 1 heterocycles. The van der Waals surface area contributed by atoms with Crippen molar-refractivity contribution in [1.82, 2.24) is 0 Å². The zero-order chi connectivity index (χ0) is 14.7. The van der Waals surface area contributed by atoms with Crippen LogP contribution in [0.2, 0.25) is 0 Å². The van der Waals surface area contributed by atoms with Gasteiger partial charge in [0.2, 0.25) is 0 Å². The van der Waals surface area contributed by atoms with Crippen LogP contribution in [-0.4, -0.2) is 19.0 Å². The Morgan fingerprint density at radius 3 is 2.55 bits per heavy atom. The zero-order valence-corrected chi connectivity index (χ0v) is 11.5. The Morgan fingerprint density at radius 2 is 1.95 bits per heavy atom. The Kier molecular flexibility index (Phi) is 3.89. The first kappa shape index (κ1) is 13.9. The number of rotatable bonds is 3. The maximum Gasteiger partial charge on any atom is 0.339 e. The number of nitrogens with one attached hydrogen (secondary N) is 1. The highest BCUT2D eigenvalue weighted by Crippen LogP contribution is 2.19. The van der Waals surface area contributed by atoms with Crippen molar-refractivity contribution in [3.05, 3.63) is 53.0 Å². The maximum atomic E-state index is 12.1. The second-order valence-corrected chi connectivity index (χ2v) is 4.44. The minimum absolute atomic E-state index is 0.320. The fourth-order valence-electron chi connectivity index (χ4n) is 1.80. The molecule has 5 heteroatoms. The van der Waals surface area contributed by atoms with E-state index in [9.17, 15) is 9.59 Å². The lowest BCUT2D eigenvalue weighted by Crippen LogP contribution is -2.15. The topological polar surface area (TPSA) is 68.5 Å². The van der Waals surface area contributed by atoms with Crippen molar-refractivity contribution in [2.75, 3.05) is 12.4 Å². The Balaban J connectivity index is 2.29. The van der Waals surface area contributed by atoms with E-state index in [2.05, 4.69) is 5.32 Å². The number of benzene rings is 1. The summed E-state index contributed by atoms with van der Waals surface area (Å²) < 4.78 is 9.80. The van der Waals surface area contributed by atoms with Gasteiger partial charge in [-0.3, -0.25) is 4.79 Å². The van der Waals surface area contributed by atoms with Gasteiger partial charge < -0.3 is 14.5 Å². The maximum absolute atomic E-state index is 12.1. The highest BCUT2D eigenvalue weighted by Gasteiger charge is 2.16. The second-order valence-electron chi connectivity index (χ2n) is 4.44.